The highest BCUT2D eigenvalue weighted by Gasteiger charge is 2.07. The molecule has 1 aromatic carbocycles. The first-order valence-electron chi connectivity index (χ1n) is 4.94. The first-order chi connectivity index (χ1) is 7.93. The SMILES string of the molecule is c1ccc(-c2csc(-c3ncc[nH]3)n2)cc1. The number of benzene rings is 1. The van der Waals surface area contributed by atoms with Gasteiger partial charge >= 0.3 is 0 Å². The van der Waals surface area contributed by atoms with Gasteiger partial charge in [0.25, 0.3) is 0 Å². The van der Waals surface area contributed by atoms with Gasteiger partial charge in [-0.15, -0.1) is 11.3 Å². The van der Waals surface area contributed by atoms with Crippen LogP contribution >= 0.6 is 11.3 Å². The van der Waals surface area contributed by atoms with E-state index >= 15 is 0 Å². The molecule has 3 rings (SSSR count). The minimum absolute atomic E-state index is 0.826. The zero-order valence-corrected chi connectivity index (χ0v) is 9.24. The van der Waals surface area contributed by atoms with E-state index < -0.39 is 0 Å². The van der Waals surface area contributed by atoms with E-state index in [1.165, 1.54) is 0 Å². The molecule has 0 amide bonds. The largest absolute Gasteiger partial charge is 0.343 e. The molecule has 0 aliphatic heterocycles. The van der Waals surface area contributed by atoms with E-state index in [2.05, 4.69) is 27.1 Å². The minimum Gasteiger partial charge on any atom is -0.343 e. The summed E-state index contributed by atoms with van der Waals surface area (Å²) in [4.78, 5) is 11.8. The van der Waals surface area contributed by atoms with Crippen LogP contribution in [-0.2, 0) is 0 Å². The summed E-state index contributed by atoms with van der Waals surface area (Å²) in [5.41, 5.74) is 2.13. The maximum Gasteiger partial charge on any atom is 0.166 e. The van der Waals surface area contributed by atoms with Gasteiger partial charge in [0.05, 0.1) is 5.69 Å². The van der Waals surface area contributed by atoms with Gasteiger partial charge in [0.15, 0.2) is 10.8 Å². The second-order valence-electron chi connectivity index (χ2n) is 3.34. The maximum atomic E-state index is 4.55. The van der Waals surface area contributed by atoms with Crippen molar-refractivity contribution < 1.29 is 0 Å². The Kier molecular flexibility index (Phi) is 2.27. The van der Waals surface area contributed by atoms with Crippen molar-refractivity contribution in [3.8, 4) is 22.1 Å². The van der Waals surface area contributed by atoms with E-state index in [1.54, 1.807) is 23.7 Å². The predicted octanol–water partition coefficient (Wildman–Crippen LogP) is 3.20. The summed E-state index contributed by atoms with van der Waals surface area (Å²) in [5, 5.41) is 2.97. The van der Waals surface area contributed by atoms with E-state index in [0.29, 0.717) is 0 Å². The fraction of sp³-hybridized carbons (Fsp3) is 0. The molecule has 0 spiro atoms. The monoisotopic (exact) mass is 227 g/mol. The van der Waals surface area contributed by atoms with E-state index in [1.807, 2.05) is 23.6 Å². The Labute approximate surface area is 96.8 Å². The smallest absolute Gasteiger partial charge is 0.166 e. The number of imidazole rings is 1. The Hall–Kier alpha value is -1.94. The Morgan fingerprint density at radius 2 is 2.00 bits per heavy atom. The standard InChI is InChI=1S/C12H9N3S/c1-2-4-9(5-3-1)10-8-16-12(15-10)11-13-6-7-14-11/h1-8H,(H,13,14). The lowest BCUT2D eigenvalue weighted by atomic mass is 10.2. The van der Waals surface area contributed by atoms with E-state index in [9.17, 15) is 0 Å². The van der Waals surface area contributed by atoms with E-state index in [-0.39, 0.29) is 0 Å². The Morgan fingerprint density at radius 3 is 2.75 bits per heavy atom. The van der Waals surface area contributed by atoms with Gasteiger partial charge in [-0.05, 0) is 0 Å². The lowest BCUT2D eigenvalue weighted by molar-refractivity contribution is 1.27. The number of aromatic nitrogens is 3. The van der Waals surface area contributed by atoms with Crippen molar-refractivity contribution in [1.29, 1.82) is 0 Å². The third-order valence-corrected chi connectivity index (χ3v) is 3.12. The topological polar surface area (TPSA) is 41.6 Å². The van der Waals surface area contributed by atoms with Gasteiger partial charge in [-0.25, -0.2) is 9.97 Å². The van der Waals surface area contributed by atoms with Crippen LogP contribution in [0.1, 0.15) is 0 Å². The highest BCUT2D eigenvalue weighted by Crippen LogP contribution is 2.26. The highest BCUT2D eigenvalue weighted by molar-refractivity contribution is 7.13. The first-order valence-corrected chi connectivity index (χ1v) is 5.82. The molecule has 3 aromatic rings. The van der Waals surface area contributed by atoms with Crippen molar-refractivity contribution in [2.24, 2.45) is 0 Å². The van der Waals surface area contributed by atoms with Gasteiger partial charge in [-0.3, -0.25) is 0 Å². The molecule has 1 N–H and O–H groups in total. The molecule has 0 atom stereocenters. The van der Waals surface area contributed by atoms with Gasteiger partial charge in [0.1, 0.15) is 0 Å². The number of nitrogens with zero attached hydrogens (tertiary/aromatic N) is 2. The van der Waals surface area contributed by atoms with Crippen molar-refractivity contribution in [3.63, 3.8) is 0 Å². The summed E-state index contributed by atoms with van der Waals surface area (Å²) in [6, 6.07) is 10.1. The molecular formula is C12H9N3S. The Bertz CT molecular complexity index is 569. The summed E-state index contributed by atoms with van der Waals surface area (Å²) >= 11 is 1.60. The van der Waals surface area contributed by atoms with Gasteiger partial charge in [0.2, 0.25) is 0 Å². The molecule has 0 saturated carbocycles. The molecule has 2 heterocycles. The second-order valence-corrected chi connectivity index (χ2v) is 4.20. The minimum atomic E-state index is 0.826. The molecule has 0 fully saturated rings. The normalized spacial score (nSPS) is 10.5. The van der Waals surface area contributed by atoms with Crippen LogP contribution in [0.3, 0.4) is 0 Å². The molecule has 4 heteroatoms. The molecule has 0 saturated heterocycles. The quantitative estimate of drug-likeness (QED) is 0.730. The van der Waals surface area contributed by atoms with E-state index in [0.717, 1.165) is 22.1 Å². The molecule has 0 aliphatic carbocycles. The summed E-state index contributed by atoms with van der Waals surface area (Å²) in [5.74, 6) is 0.826. The van der Waals surface area contributed by atoms with Crippen molar-refractivity contribution in [2.75, 3.05) is 0 Å². The second kappa shape index (κ2) is 3.90. The van der Waals surface area contributed by atoms with Crippen LogP contribution in [0.4, 0.5) is 0 Å². The van der Waals surface area contributed by atoms with Crippen molar-refractivity contribution in [2.45, 2.75) is 0 Å². The summed E-state index contributed by atoms with van der Waals surface area (Å²) < 4.78 is 0. The zero-order valence-electron chi connectivity index (χ0n) is 8.42. The average molecular weight is 227 g/mol. The van der Waals surface area contributed by atoms with Crippen molar-refractivity contribution in [3.05, 3.63) is 48.1 Å². The number of thiazole rings is 1. The third kappa shape index (κ3) is 1.63. The van der Waals surface area contributed by atoms with Crippen molar-refractivity contribution >= 4 is 11.3 Å². The number of hydrogen-bond donors (Lipinski definition) is 1. The fourth-order valence-electron chi connectivity index (χ4n) is 1.51. The molecule has 78 valence electrons. The van der Waals surface area contributed by atoms with Crippen molar-refractivity contribution in [1.82, 2.24) is 15.0 Å². The number of nitrogens with one attached hydrogen (secondary N) is 1. The third-order valence-electron chi connectivity index (χ3n) is 2.27. The molecule has 0 radical (unpaired) electrons. The van der Waals surface area contributed by atoms with Crippen LogP contribution in [0.5, 0.6) is 0 Å². The van der Waals surface area contributed by atoms with Crippen LogP contribution in [-0.4, -0.2) is 15.0 Å². The molecule has 16 heavy (non-hydrogen) atoms. The van der Waals surface area contributed by atoms with Crippen LogP contribution in [0, 0.1) is 0 Å². The number of rotatable bonds is 2. The molecule has 0 aliphatic rings. The summed E-state index contributed by atoms with van der Waals surface area (Å²) in [7, 11) is 0. The van der Waals surface area contributed by atoms with Gasteiger partial charge in [-0.2, -0.15) is 0 Å². The van der Waals surface area contributed by atoms with Crippen LogP contribution in [0.2, 0.25) is 0 Å². The number of aromatic amines is 1. The predicted molar refractivity (Wildman–Crippen MR) is 65.1 cm³/mol. The molecule has 3 nitrogen and oxygen atoms in total. The first kappa shape index (κ1) is 9.30. The lowest BCUT2D eigenvalue weighted by Gasteiger charge is -1.93. The Balaban J connectivity index is 2.00. The van der Waals surface area contributed by atoms with Gasteiger partial charge < -0.3 is 4.98 Å². The van der Waals surface area contributed by atoms with Crippen LogP contribution in [0.25, 0.3) is 22.1 Å². The number of H-pyrrole nitrogens is 1. The highest BCUT2D eigenvalue weighted by atomic mass is 32.1. The maximum absolute atomic E-state index is 4.55. The number of hydrogen-bond acceptors (Lipinski definition) is 3. The summed E-state index contributed by atoms with van der Waals surface area (Å²) in [6.45, 7) is 0. The molecule has 0 bridgehead atoms. The molecule has 0 unspecified atom stereocenters. The van der Waals surface area contributed by atoms with Gasteiger partial charge in [0, 0.05) is 23.3 Å². The zero-order chi connectivity index (χ0) is 10.8. The summed E-state index contributed by atoms with van der Waals surface area (Å²) in [6.07, 6.45) is 3.54. The fourth-order valence-corrected chi connectivity index (χ4v) is 2.29. The van der Waals surface area contributed by atoms with Crippen LogP contribution in [0.15, 0.2) is 48.1 Å². The van der Waals surface area contributed by atoms with Crippen LogP contribution < -0.4 is 0 Å². The van der Waals surface area contributed by atoms with E-state index in [4.69, 9.17) is 0 Å². The molecular weight excluding hydrogens is 218 g/mol. The van der Waals surface area contributed by atoms with Gasteiger partial charge in [-0.1, -0.05) is 30.3 Å². The average Bonchev–Trinajstić information content (AvgIpc) is 3.01. The lowest BCUT2D eigenvalue weighted by Crippen LogP contribution is -1.80. The molecule has 2 aromatic heterocycles. The Morgan fingerprint density at radius 1 is 1.12 bits per heavy atom.